The van der Waals surface area contributed by atoms with E-state index in [0.29, 0.717) is 17.5 Å². The van der Waals surface area contributed by atoms with E-state index in [2.05, 4.69) is 19.8 Å². The molecule has 0 aromatic carbocycles. The molecule has 0 amide bonds. The number of hydrogen-bond donors (Lipinski definition) is 1. The fourth-order valence-corrected chi connectivity index (χ4v) is 4.49. The van der Waals surface area contributed by atoms with E-state index in [9.17, 15) is 0 Å². The number of rotatable bonds is 0. The molecule has 102 valence electrons. The molecular formula is C14H27BN2O. The molecule has 3 nitrogen and oxygen atoms in total. The van der Waals surface area contributed by atoms with E-state index in [1.54, 1.807) is 0 Å². The Hall–Kier alpha value is -0.0551. The zero-order valence-electron chi connectivity index (χ0n) is 12.0. The number of fused-ring (bicyclic) bond motifs is 1. The molecule has 0 bridgehead atoms. The van der Waals surface area contributed by atoms with Gasteiger partial charge in [-0.25, -0.2) is 0 Å². The lowest BCUT2D eigenvalue weighted by Gasteiger charge is -2.59. The minimum absolute atomic E-state index is 0.0333. The Labute approximate surface area is 112 Å². The molecule has 3 rings (SSSR count). The van der Waals surface area contributed by atoms with Crippen molar-refractivity contribution in [2.75, 3.05) is 20.3 Å². The highest BCUT2D eigenvalue weighted by Gasteiger charge is 2.52. The number of ether oxygens (including phenoxy) is 1. The average molecular weight is 250 g/mol. The summed E-state index contributed by atoms with van der Waals surface area (Å²) in [4.78, 5) is 2.64. The van der Waals surface area contributed by atoms with Gasteiger partial charge in [-0.1, -0.05) is 19.3 Å². The predicted octanol–water partition coefficient (Wildman–Crippen LogP) is 0.718. The van der Waals surface area contributed by atoms with Crippen molar-refractivity contribution < 1.29 is 4.74 Å². The van der Waals surface area contributed by atoms with Crippen LogP contribution in [0.1, 0.15) is 44.9 Å². The molecule has 0 aromatic heterocycles. The monoisotopic (exact) mass is 250 g/mol. The minimum Gasteiger partial charge on any atom is -0.377 e. The SMILES string of the molecule is BC1(N)CCCCCC2C1CCC1(COC1)N2C. The summed E-state index contributed by atoms with van der Waals surface area (Å²) in [6, 6.07) is 0.679. The van der Waals surface area contributed by atoms with E-state index >= 15 is 0 Å². The highest BCUT2D eigenvalue weighted by molar-refractivity contribution is 6.15. The molecule has 18 heavy (non-hydrogen) atoms. The van der Waals surface area contributed by atoms with E-state index in [-0.39, 0.29) is 5.44 Å². The zero-order valence-corrected chi connectivity index (χ0v) is 12.0. The van der Waals surface area contributed by atoms with E-state index in [4.69, 9.17) is 10.5 Å². The van der Waals surface area contributed by atoms with Gasteiger partial charge < -0.3 is 10.5 Å². The lowest BCUT2D eigenvalue weighted by atomic mass is 9.57. The molecule has 3 aliphatic rings. The quantitative estimate of drug-likeness (QED) is 0.644. The maximum Gasteiger partial charge on any atom is 0.127 e. The van der Waals surface area contributed by atoms with Crippen LogP contribution in [0.15, 0.2) is 0 Å². The first-order chi connectivity index (χ1) is 8.55. The second-order valence-electron chi connectivity index (χ2n) is 7.15. The van der Waals surface area contributed by atoms with Crippen molar-refractivity contribution in [1.82, 2.24) is 4.90 Å². The first-order valence-electron chi connectivity index (χ1n) is 7.65. The molecule has 3 atom stereocenters. The molecule has 1 aliphatic carbocycles. The summed E-state index contributed by atoms with van der Waals surface area (Å²) in [7, 11) is 4.61. The van der Waals surface area contributed by atoms with Crippen LogP contribution in [0.2, 0.25) is 0 Å². The maximum absolute atomic E-state index is 6.65. The van der Waals surface area contributed by atoms with Gasteiger partial charge in [-0.15, -0.1) is 0 Å². The Kier molecular flexibility index (Phi) is 3.24. The van der Waals surface area contributed by atoms with Crippen LogP contribution < -0.4 is 5.73 Å². The highest BCUT2D eigenvalue weighted by atomic mass is 16.5. The Bertz CT molecular complexity index is 317. The second kappa shape index (κ2) is 4.50. The number of piperidine rings is 1. The van der Waals surface area contributed by atoms with Gasteiger partial charge in [-0.3, -0.25) is 4.90 Å². The highest BCUT2D eigenvalue weighted by Crippen LogP contribution is 2.44. The van der Waals surface area contributed by atoms with Crippen LogP contribution in [0.4, 0.5) is 0 Å². The average Bonchev–Trinajstić information content (AvgIpc) is 2.25. The number of nitrogens with two attached hydrogens (primary N) is 1. The van der Waals surface area contributed by atoms with E-state index < -0.39 is 0 Å². The van der Waals surface area contributed by atoms with E-state index in [0.717, 1.165) is 13.2 Å². The third-order valence-corrected chi connectivity index (χ3v) is 5.93. The van der Waals surface area contributed by atoms with Crippen molar-refractivity contribution in [3.8, 4) is 0 Å². The van der Waals surface area contributed by atoms with Crippen molar-refractivity contribution >= 4 is 7.85 Å². The maximum atomic E-state index is 6.65. The summed E-state index contributed by atoms with van der Waals surface area (Å²) < 4.78 is 5.50. The van der Waals surface area contributed by atoms with Crippen LogP contribution in [-0.4, -0.2) is 50.0 Å². The predicted molar refractivity (Wildman–Crippen MR) is 76.4 cm³/mol. The van der Waals surface area contributed by atoms with Gasteiger partial charge >= 0.3 is 0 Å². The molecule has 0 aromatic rings. The van der Waals surface area contributed by atoms with Crippen LogP contribution in [0, 0.1) is 5.92 Å². The summed E-state index contributed by atoms with van der Waals surface area (Å²) >= 11 is 0. The number of nitrogens with zero attached hydrogens (tertiary/aromatic N) is 1. The van der Waals surface area contributed by atoms with Gasteiger partial charge in [0.2, 0.25) is 0 Å². The van der Waals surface area contributed by atoms with Gasteiger partial charge in [-0.2, -0.15) is 0 Å². The summed E-state index contributed by atoms with van der Waals surface area (Å²) in [5.74, 6) is 0.675. The first kappa shape index (κ1) is 13.0. The lowest BCUT2D eigenvalue weighted by Crippen LogP contribution is -2.70. The van der Waals surface area contributed by atoms with E-state index in [1.165, 1.54) is 44.9 Å². The molecule has 2 heterocycles. The summed E-state index contributed by atoms with van der Waals surface area (Å²) in [5, 5.41) is 0. The number of hydrogen-bond acceptors (Lipinski definition) is 3. The van der Waals surface area contributed by atoms with Crippen LogP contribution >= 0.6 is 0 Å². The van der Waals surface area contributed by atoms with Crippen LogP contribution in [0.3, 0.4) is 0 Å². The third-order valence-electron chi connectivity index (χ3n) is 5.93. The van der Waals surface area contributed by atoms with Crippen LogP contribution in [0.25, 0.3) is 0 Å². The van der Waals surface area contributed by atoms with E-state index in [1.807, 2.05) is 0 Å². The fraction of sp³-hybridized carbons (Fsp3) is 1.00. The second-order valence-corrected chi connectivity index (χ2v) is 7.15. The van der Waals surface area contributed by atoms with Gasteiger partial charge in [0.25, 0.3) is 0 Å². The van der Waals surface area contributed by atoms with Gasteiger partial charge in [-0.05, 0) is 44.1 Å². The van der Waals surface area contributed by atoms with Gasteiger partial charge in [0.1, 0.15) is 7.85 Å². The molecule has 2 aliphatic heterocycles. The largest absolute Gasteiger partial charge is 0.377 e. The Morgan fingerprint density at radius 3 is 2.61 bits per heavy atom. The van der Waals surface area contributed by atoms with Gasteiger partial charge in [0, 0.05) is 6.04 Å². The Balaban J connectivity index is 1.83. The standard InChI is InChI=1S/C14H27BN2O/c1-17-12-5-3-2-4-7-14(15,16)11(12)6-8-13(17)9-18-10-13/h11-12H,2-10,15-16H2,1H3. The number of likely N-dealkylation sites (N-methyl/N-ethyl adjacent to an activating group) is 1. The van der Waals surface area contributed by atoms with Crippen molar-refractivity contribution in [3.63, 3.8) is 0 Å². The van der Waals surface area contributed by atoms with Crippen molar-refractivity contribution in [2.24, 2.45) is 11.7 Å². The molecule has 1 saturated carbocycles. The third kappa shape index (κ3) is 1.93. The lowest BCUT2D eigenvalue weighted by molar-refractivity contribution is -0.178. The molecule has 0 radical (unpaired) electrons. The van der Waals surface area contributed by atoms with Crippen LogP contribution in [-0.2, 0) is 4.74 Å². The minimum atomic E-state index is 0.0333. The molecule has 4 heteroatoms. The molecule has 3 fully saturated rings. The smallest absolute Gasteiger partial charge is 0.127 e. The van der Waals surface area contributed by atoms with Crippen molar-refractivity contribution in [2.45, 2.75) is 62.0 Å². The van der Waals surface area contributed by atoms with Crippen molar-refractivity contribution in [3.05, 3.63) is 0 Å². The van der Waals surface area contributed by atoms with Crippen LogP contribution in [0.5, 0.6) is 0 Å². The molecule has 2 saturated heterocycles. The summed E-state index contributed by atoms with van der Waals surface area (Å²) in [6.45, 7) is 1.88. The molecule has 1 spiro atoms. The Morgan fingerprint density at radius 2 is 1.94 bits per heavy atom. The Morgan fingerprint density at radius 1 is 1.17 bits per heavy atom. The summed E-state index contributed by atoms with van der Waals surface area (Å²) in [6.07, 6.45) is 9.14. The number of likely N-dealkylation sites (tertiary alicyclic amines) is 1. The first-order valence-corrected chi connectivity index (χ1v) is 7.65. The molecule has 2 N–H and O–H groups in total. The van der Waals surface area contributed by atoms with Gasteiger partial charge in [0.05, 0.1) is 18.8 Å². The summed E-state index contributed by atoms with van der Waals surface area (Å²) in [5.41, 5.74) is 7.05. The van der Waals surface area contributed by atoms with Gasteiger partial charge in [0.15, 0.2) is 0 Å². The normalized spacial score (nSPS) is 44.8. The fourth-order valence-electron chi connectivity index (χ4n) is 4.49. The van der Waals surface area contributed by atoms with Crippen molar-refractivity contribution in [1.29, 1.82) is 0 Å². The molecular weight excluding hydrogens is 223 g/mol. The topological polar surface area (TPSA) is 38.5 Å². The zero-order chi connectivity index (χ0) is 12.8. The molecule has 3 unspecified atom stereocenters.